The first-order valence-corrected chi connectivity index (χ1v) is 7.94. The molecule has 1 spiro atoms. The highest BCUT2D eigenvalue weighted by Crippen LogP contribution is 2.36. The van der Waals surface area contributed by atoms with Crippen LogP contribution in [-0.2, 0) is 0 Å². The van der Waals surface area contributed by atoms with Gasteiger partial charge in [0.2, 0.25) is 0 Å². The van der Waals surface area contributed by atoms with Crippen LogP contribution in [0, 0.1) is 5.82 Å². The molecule has 19 heavy (non-hydrogen) atoms. The van der Waals surface area contributed by atoms with E-state index < -0.39 is 0 Å². The van der Waals surface area contributed by atoms with Crippen molar-refractivity contribution in [2.45, 2.75) is 37.6 Å². The summed E-state index contributed by atoms with van der Waals surface area (Å²) in [4.78, 5) is 2.23. The standard InChI is InChI=1S/C15H20BrFN2/c16-12-5-3-6-13(17)14(12)19-10-4-9-18-15(11-19)7-1-2-8-15/h3,5-6,18H,1-2,4,7-11H2. The SMILES string of the molecule is Fc1cccc(Br)c1N1CCCNC2(CCCC2)C1. The first-order chi connectivity index (χ1) is 9.20. The Balaban J connectivity index is 1.90. The highest BCUT2D eigenvalue weighted by molar-refractivity contribution is 9.10. The largest absolute Gasteiger partial charge is 0.366 e. The van der Waals surface area contributed by atoms with Crippen LogP contribution in [0.15, 0.2) is 22.7 Å². The van der Waals surface area contributed by atoms with Crippen molar-refractivity contribution in [2.24, 2.45) is 0 Å². The van der Waals surface area contributed by atoms with E-state index in [2.05, 4.69) is 26.1 Å². The first-order valence-electron chi connectivity index (χ1n) is 7.14. The van der Waals surface area contributed by atoms with Crippen LogP contribution in [0.1, 0.15) is 32.1 Å². The molecule has 0 amide bonds. The van der Waals surface area contributed by atoms with E-state index in [1.54, 1.807) is 12.1 Å². The minimum absolute atomic E-state index is 0.121. The fourth-order valence-corrected chi connectivity index (χ4v) is 4.09. The van der Waals surface area contributed by atoms with Gasteiger partial charge in [-0.25, -0.2) is 4.39 Å². The van der Waals surface area contributed by atoms with Crippen molar-refractivity contribution in [3.63, 3.8) is 0 Å². The lowest BCUT2D eigenvalue weighted by Crippen LogP contribution is -2.49. The van der Waals surface area contributed by atoms with Gasteiger partial charge in [0.05, 0.1) is 5.69 Å². The highest BCUT2D eigenvalue weighted by atomic mass is 79.9. The van der Waals surface area contributed by atoms with Gasteiger partial charge in [-0.2, -0.15) is 0 Å². The fraction of sp³-hybridized carbons (Fsp3) is 0.600. The first kappa shape index (κ1) is 13.4. The third kappa shape index (κ3) is 2.65. The summed E-state index contributed by atoms with van der Waals surface area (Å²) >= 11 is 3.50. The van der Waals surface area contributed by atoms with Gasteiger partial charge in [0.25, 0.3) is 0 Å². The summed E-state index contributed by atoms with van der Waals surface area (Å²) < 4.78 is 15.0. The van der Waals surface area contributed by atoms with Gasteiger partial charge in [-0.1, -0.05) is 18.9 Å². The second-order valence-electron chi connectivity index (χ2n) is 5.76. The smallest absolute Gasteiger partial charge is 0.147 e. The molecule has 3 rings (SSSR count). The van der Waals surface area contributed by atoms with Crippen LogP contribution in [0.2, 0.25) is 0 Å². The monoisotopic (exact) mass is 326 g/mol. The van der Waals surface area contributed by atoms with E-state index >= 15 is 0 Å². The molecule has 0 bridgehead atoms. The Kier molecular flexibility index (Phi) is 3.81. The molecular weight excluding hydrogens is 307 g/mol. The predicted molar refractivity (Wildman–Crippen MR) is 80.1 cm³/mol. The molecule has 0 aromatic heterocycles. The van der Waals surface area contributed by atoms with Gasteiger partial charge in [-0.3, -0.25) is 0 Å². The zero-order valence-corrected chi connectivity index (χ0v) is 12.7. The van der Waals surface area contributed by atoms with Gasteiger partial charge in [0, 0.05) is 23.1 Å². The van der Waals surface area contributed by atoms with Crippen molar-refractivity contribution in [2.75, 3.05) is 24.5 Å². The normalized spacial score (nSPS) is 22.7. The van der Waals surface area contributed by atoms with Crippen molar-refractivity contribution in [3.8, 4) is 0 Å². The molecule has 0 unspecified atom stereocenters. The third-order valence-corrected chi connectivity index (χ3v) is 5.05. The predicted octanol–water partition coefficient (Wildman–Crippen LogP) is 3.70. The van der Waals surface area contributed by atoms with Crippen molar-refractivity contribution < 1.29 is 4.39 Å². The molecule has 1 saturated heterocycles. The zero-order valence-electron chi connectivity index (χ0n) is 11.1. The number of hydrogen-bond acceptors (Lipinski definition) is 2. The average Bonchev–Trinajstić information content (AvgIpc) is 2.72. The van der Waals surface area contributed by atoms with E-state index in [1.807, 2.05) is 6.07 Å². The number of halogens is 2. The van der Waals surface area contributed by atoms with Crippen molar-refractivity contribution >= 4 is 21.6 Å². The Morgan fingerprint density at radius 3 is 2.74 bits per heavy atom. The van der Waals surface area contributed by atoms with Gasteiger partial charge in [-0.05, 0) is 53.9 Å². The lowest BCUT2D eigenvalue weighted by molar-refractivity contribution is 0.354. The highest BCUT2D eigenvalue weighted by Gasteiger charge is 2.37. The van der Waals surface area contributed by atoms with Crippen LogP contribution >= 0.6 is 15.9 Å². The molecule has 1 N–H and O–H groups in total. The maximum Gasteiger partial charge on any atom is 0.147 e. The van der Waals surface area contributed by atoms with Gasteiger partial charge in [-0.15, -0.1) is 0 Å². The zero-order chi connectivity index (χ0) is 13.3. The van der Waals surface area contributed by atoms with Gasteiger partial charge >= 0.3 is 0 Å². The van der Waals surface area contributed by atoms with Crippen molar-refractivity contribution in [3.05, 3.63) is 28.5 Å². The Bertz CT molecular complexity index is 437. The summed E-state index contributed by atoms with van der Waals surface area (Å²) in [5, 5.41) is 3.72. The molecule has 1 heterocycles. The van der Waals surface area contributed by atoms with Crippen LogP contribution in [0.4, 0.5) is 10.1 Å². The second-order valence-corrected chi connectivity index (χ2v) is 6.61. The summed E-state index contributed by atoms with van der Waals surface area (Å²) in [6, 6.07) is 5.24. The van der Waals surface area contributed by atoms with Crippen LogP contribution < -0.4 is 10.2 Å². The minimum Gasteiger partial charge on any atom is -0.366 e. The fourth-order valence-electron chi connectivity index (χ4n) is 3.49. The Morgan fingerprint density at radius 2 is 2.00 bits per heavy atom. The van der Waals surface area contributed by atoms with E-state index in [-0.39, 0.29) is 11.4 Å². The van der Waals surface area contributed by atoms with Crippen LogP contribution in [0.3, 0.4) is 0 Å². The van der Waals surface area contributed by atoms with E-state index in [0.29, 0.717) is 0 Å². The number of benzene rings is 1. The second kappa shape index (κ2) is 5.41. The summed E-state index contributed by atoms with van der Waals surface area (Å²) in [5.74, 6) is -0.121. The molecular formula is C15H20BrFN2. The molecule has 0 radical (unpaired) electrons. The average molecular weight is 327 g/mol. The number of rotatable bonds is 1. The van der Waals surface area contributed by atoms with Crippen molar-refractivity contribution in [1.29, 1.82) is 0 Å². The summed E-state index contributed by atoms with van der Waals surface area (Å²) in [7, 11) is 0. The maximum absolute atomic E-state index is 14.2. The van der Waals surface area contributed by atoms with Crippen LogP contribution in [0.25, 0.3) is 0 Å². The maximum atomic E-state index is 14.2. The lowest BCUT2D eigenvalue weighted by Gasteiger charge is -2.35. The van der Waals surface area contributed by atoms with E-state index in [0.717, 1.165) is 36.2 Å². The van der Waals surface area contributed by atoms with E-state index in [1.165, 1.54) is 25.7 Å². The van der Waals surface area contributed by atoms with Gasteiger partial charge < -0.3 is 10.2 Å². The van der Waals surface area contributed by atoms with Gasteiger partial charge in [0.1, 0.15) is 5.82 Å². The molecule has 1 aliphatic heterocycles. The molecule has 1 aliphatic carbocycles. The summed E-state index contributed by atoms with van der Waals surface area (Å²) in [6.07, 6.45) is 6.09. The quantitative estimate of drug-likeness (QED) is 0.846. The molecule has 1 aromatic rings. The Labute approximate surface area is 122 Å². The molecule has 4 heteroatoms. The summed E-state index contributed by atoms with van der Waals surface area (Å²) in [6.45, 7) is 2.89. The molecule has 1 aromatic carbocycles. The molecule has 2 fully saturated rings. The molecule has 104 valence electrons. The van der Waals surface area contributed by atoms with E-state index in [9.17, 15) is 4.39 Å². The lowest BCUT2D eigenvalue weighted by atomic mass is 9.97. The topological polar surface area (TPSA) is 15.3 Å². The Morgan fingerprint density at radius 1 is 1.21 bits per heavy atom. The molecule has 0 atom stereocenters. The summed E-state index contributed by atoms with van der Waals surface area (Å²) in [5.41, 5.74) is 0.940. The van der Waals surface area contributed by atoms with Crippen LogP contribution in [0.5, 0.6) is 0 Å². The molecule has 1 saturated carbocycles. The third-order valence-electron chi connectivity index (χ3n) is 4.41. The number of nitrogens with zero attached hydrogens (tertiary/aromatic N) is 1. The van der Waals surface area contributed by atoms with Crippen LogP contribution in [-0.4, -0.2) is 25.2 Å². The van der Waals surface area contributed by atoms with Crippen molar-refractivity contribution in [1.82, 2.24) is 5.32 Å². The Hall–Kier alpha value is -0.610. The number of nitrogens with one attached hydrogen (secondary N) is 1. The number of hydrogen-bond donors (Lipinski definition) is 1. The molecule has 2 aliphatic rings. The number of para-hydroxylation sites is 1. The van der Waals surface area contributed by atoms with Gasteiger partial charge in [0.15, 0.2) is 0 Å². The molecule has 2 nitrogen and oxygen atoms in total. The number of anilines is 1. The van der Waals surface area contributed by atoms with E-state index in [4.69, 9.17) is 0 Å². The minimum atomic E-state index is -0.121.